The first-order valence-corrected chi connectivity index (χ1v) is 6.52. The lowest BCUT2D eigenvalue weighted by molar-refractivity contribution is -0.122. The quantitative estimate of drug-likeness (QED) is 0.617. The zero-order valence-electron chi connectivity index (χ0n) is 11.3. The fourth-order valence-corrected chi connectivity index (χ4v) is 2.11. The van der Waals surface area contributed by atoms with Crippen molar-refractivity contribution < 1.29 is 9.59 Å². The van der Waals surface area contributed by atoms with Crippen molar-refractivity contribution in [2.24, 2.45) is 5.73 Å². The second-order valence-corrected chi connectivity index (χ2v) is 4.45. The number of rotatable bonds is 4. The highest BCUT2D eigenvalue weighted by atomic mass is 16.2. The second-order valence-electron chi connectivity index (χ2n) is 4.45. The van der Waals surface area contributed by atoms with Crippen molar-refractivity contribution >= 4 is 17.6 Å². The van der Waals surface area contributed by atoms with Gasteiger partial charge in [-0.05, 0) is 19.1 Å². The zero-order valence-corrected chi connectivity index (χ0v) is 11.3. The SMILES string of the molecule is CCNC(=O)C1CNCCN1c1ccc(C(N)=O)nn1. The molecule has 0 aromatic carbocycles. The topological polar surface area (TPSA) is 113 Å². The van der Waals surface area contributed by atoms with E-state index in [9.17, 15) is 9.59 Å². The highest BCUT2D eigenvalue weighted by Crippen LogP contribution is 2.15. The van der Waals surface area contributed by atoms with E-state index >= 15 is 0 Å². The lowest BCUT2D eigenvalue weighted by Gasteiger charge is -2.35. The molecule has 108 valence electrons. The maximum absolute atomic E-state index is 12.0. The van der Waals surface area contributed by atoms with E-state index in [1.807, 2.05) is 11.8 Å². The highest BCUT2D eigenvalue weighted by Gasteiger charge is 2.29. The Morgan fingerprint density at radius 1 is 1.50 bits per heavy atom. The normalized spacial score (nSPS) is 18.6. The van der Waals surface area contributed by atoms with Crippen LogP contribution < -0.4 is 21.3 Å². The van der Waals surface area contributed by atoms with Crippen molar-refractivity contribution in [1.82, 2.24) is 20.8 Å². The molecular weight excluding hydrogens is 260 g/mol. The van der Waals surface area contributed by atoms with Gasteiger partial charge in [-0.25, -0.2) is 0 Å². The third kappa shape index (κ3) is 3.02. The van der Waals surface area contributed by atoms with E-state index in [4.69, 9.17) is 5.73 Å². The van der Waals surface area contributed by atoms with E-state index in [2.05, 4.69) is 20.8 Å². The van der Waals surface area contributed by atoms with Crippen LogP contribution in [0.3, 0.4) is 0 Å². The summed E-state index contributed by atoms with van der Waals surface area (Å²) in [6.07, 6.45) is 0. The summed E-state index contributed by atoms with van der Waals surface area (Å²) >= 11 is 0. The van der Waals surface area contributed by atoms with Gasteiger partial charge in [-0.2, -0.15) is 0 Å². The van der Waals surface area contributed by atoms with Gasteiger partial charge in [0.1, 0.15) is 6.04 Å². The van der Waals surface area contributed by atoms with E-state index in [0.717, 1.165) is 6.54 Å². The number of amides is 2. The van der Waals surface area contributed by atoms with E-state index in [1.54, 1.807) is 6.07 Å². The van der Waals surface area contributed by atoms with Gasteiger partial charge in [-0.15, -0.1) is 10.2 Å². The molecule has 1 aromatic heterocycles. The van der Waals surface area contributed by atoms with Gasteiger partial charge in [-0.1, -0.05) is 0 Å². The number of nitrogens with zero attached hydrogens (tertiary/aromatic N) is 3. The van der Waals surface area contributed by atoms with Gasteiger partial charge < -0.3 is 21.3 Å². The summed E-state index contributed by atoms with van der Waals surface area (Å²) in [6.45, 7) is 4.40. The average molecular weight is 278 g/mol. The molecule has 0 spiro atoms. The van der Waals surface area contributed by atoms with Crippen molar-refractivity contribution in [1.29, 1.82) is 0 Å². The Morgan fingerprint density at radius 3 is 2.90 bits per heavy atom. The molecule has 1 fully saturated rings. The Balaban J connectivity index is 2.18. The number of carbonyl (C=O) groups excluding carboxylic acids is 2. The number of likely N-dealkylation sites (N-methyl/N-ethyl adjacent to an activating group) is 1. The minimum atomic E-state index is -0.621. The van der Waals surface area contributed by atoms with Crippen molar-refractivity contribution in [3.63, 3.8) is 0 Å². The molecule has 8 nitrogen and oxygen atoms in total. The van der Waals surface area contributed by atoms with Gasteiger partial charge in [0.15, 0.2) is 11.5 Å². The molecule has 0 aliphatic carbocycles. The summed E-state index contributed by atoms with van der Waals surface area (Å²) in [5, 5.41) is 13.7. The van der Waals surface area contributed by atoms with Crippen LogP contribution in [0, 0.1) is 0 Å². The highest BCUT2D eigenvalue weighted by molar-refractivity contribution is 5.90. The molecule has 8 heteroatoms. The number of nitrogens with one attached hydrogen (secondary N) is 2. The molecule has 1 unspecified atom stereocenters. The standard InChI is InChI=1S/C12H18N6O2/c1-2-15-12(20)9-7-14-5-6-18(9)10-4-3-8(11(13)19)16-17-10/h3-4,9,14H,2,5-7H2,1H3,(H2,13,19)(H,15,20). The van der Waals surface area contributed by atoms with Crippen LogP contribution in [0.2, 0.25) is 0 Å². The maximum atomic E-state index is 12.0. The largest absolute Gasteiger partial charge is 0.364 e. The first-order valence-electron chi connectivity index (χ1n) is 6.52. The van der Waals surface area contributed by atoms with Crippen molar-refractivity contribution in [3.05, 3.63) is 17.8 Å². The van der Waals surface area contributed by atoms with Gasteiger partial charge >= 0.3 is 0 Å². The first kappa shape index (κ1) is 14.2. The van der Waals surface area contributed by atoms with Crippen LogP contribution in [0.4, 0.5) is 5.82 Å². The number of carbonyl (C=O) groups is 2. The molecule has 2 rings (SSSR count). The molecule has 0 bridgehead atoms. The molecule has 1 aromatic rings. The summed E-state index contributed by atoms with van der Waals surface area (Å²) in [6, 6.07) is 2.84. The molecule has 20 heavy (non-hydrogen) atoms. The summed E-state index contributed by atoms with van der Waals surface area (Å²) in [5.41, 5.74) is 5.24. The number of aromatic nitrogens is 2. The van der Waals surface area contributed by atoms with Crippen LogP contribution in [0.15, 0.2) is 12.1 Å². The summed E-state index contributed by atoms with van der Waals surface area (Å²) in [5.74, 6) is -0.113. The third-order valence-electron chi connectivity index (χ3n) is 3.09. The molecule has 2 amide bonds. The lowest BCUT2D eigenvalue weighted by Crippen LogP contribution is -2.58. The first-order chi connectivity index (χ1) is 9.63. The fraction of sp³-hybridized carbons (Fsp3) is 0.500. The van der Waals surface area contributed by atoms with E-state index in [-0.39, 0.29) is 17.6 Å². The Bertz CT molecular complexity index is 489. The van der Waals surface area contributed by atoms with Crippen LogP contribution in [0.25, 0.3) is 0 Å². The Hall–Kier alpha value is -2.22. The van der Waals surface area contributed by atoms with E-state index < -0.39 is 5.91 Å². The van der Waals surface area contributed by atoms with Crippen LogP contribution >= 0.6 is 0 Å². The van der Waals surface area contributed by atoms with Gasteiger partial charge in [0.2, 0.25) is 5.91 Å². The van der Waals surface area contributed by atoms with Gasteiger partial charge in [0.25, 0.3) is 5.91 Å². The molecule has 4 N–H and O–H groups in total. The number of nitrogens with two attached hydrogens (primary N) is 1. The van der Waals surface area contributed by atoms with Gasteiger partial charge in [0, 0.05) is 26.2 Å². The fourth-order valence-electron chi connectivity index (χ4n) is 2.11. The van der Waals surface area contributed by atoms with Crippen LogP contribution in [0.1, 0.15) is 17.4 Å². The number of anilines is 1. The minimum Gasteiger partial charge on any atom is -0.364 e. The number of primary amides is 1. The molecule has 1 saturated heterocycles. The zero-order chi connectivity index (χ0) is 14.5. The van der Waals surface area contributed by atoms with Crippen LogP contribution in [0.5, 0.6) is 0 Å². The number of hydrogen-bond donors (Lipinski definition) is 3. The van der Waals surface area contributed by atoms with Gasteiger partial charge in [0.05, 0.1) is 0 Å². The Morgan fingerprint density at radius 2 is 2.30 bits per heavy atom. The van der Waals surface area contributed by atoms with Crippen LogP contribution in [-0.2, 0) is 4.79 Å². The monoisotopic (exact) mass is 278 g/mol. The molecule has 1 aliphatic rings. The van der Waals surface area contributed by atoms with Gasteiger partial charge in [-0.3, -0.25) is 9.59 Å². The molecule has 1 atom stereocenters. The maximum Gasteiger partial charge on any atom is 0.269 e. The van der Waals surface area contributed by atoms with E-state index in [0.29, 0.717) is 25.5 Å². The van der Waals surface area contributed by atoms with Crippen molar-refractivity contribution in [2.45, 2.75) is 13.0 Å². The molecule has 1 aliphatic heterocycles. The minimum absolute atomic E-state index is 0.0551. The molecule has 2 heterocycles. The number of hydrogen-bond acceptors (Lipinski definition) is 6. The number of piperazine rings is 1. The van der Waals surface area contributed by atoms with Crippen LogP contribution in [-0.4, -0.2) is 54.2 Å². The smallest absolute Gasteiger partial charge is 0.269 e. The van der Waals surface area contributed by atoms with Crippen molar-refractivity contribution in [2.75, 3.05) is 31.1 Å². The summed E-state index contributed by atoms with van der Waals surface area (Å²) < 4.78 is 0. The molecule has 0 saturated carbocycles. The van der Waals surface area contributed by atoms with E-state index in [1.165, 1.54) is 6.07 Å². The Kier molecular flexibility index (Phi) is 4.46. The lowest BCUT2D eigenvalue weighted by atomic mass is 10.1. The predicted molar refractivity (Wildman–Crippen MR) is 73.2 cm³/mol. The third-order valence-corrected chi connectivity index (χ3v) is 3.09. The average Bonchev–Trinajstić information content (AvgIpc) is 2.47. The summed E-state index contributed by atoms with van der Waals surface area (Å²) in [4.78, 5) is 24.9. The second kappa shape index (κ2) is 6.29. The predicted octanol–water partition coefficient (Wildman–Crippen LogP) is -1.51. The van der Waals surface area contributed by atoms with Crippen molar-refractivity contribution in [3.8, 4) is 0 Å². The molecule has 0 radical (unpaired) electrons. The molecular formula is C12H18N6O2. The summed E-state index contributed by atoms with van der Waals surface area (Å²) in [7, 11) is 0. The Labute approximate surface area is 116 Å².